The maximum atomic E-state index is 11.8. The number of para-hydroxylation sites is 1. The number of nitrogens with zero attached hydrogens (tertiary/aromatic N) is 1. The highest BCUT2D eigenvalue weighted by Crippen LogP contribution is 2.28. The Hall–Kier alpha value is -2.14. The Balaban J connectivity index is 2.33. The van der Waals surface area contributed by atoms with Crippen LogP contribution < -0.4 is 15.6 Å². The van der Waals surface area contributed by atoms with Gasteiger partial charge in [-0.15, -0.1) is 0 Å². The SMILES string of the molecule is CCNCc1cc(-c2ccccc2OCC(C)C)n[nH]c1=O. The quantitative estimate of drug-likeness (QED) is 0.825. The summed E-state index contributed by atoms with van der Waals surface area (Å²) < 4.78 is 5.86. The lowest BCUT2D eigenvalue weighted by Crippen LogP contribution is -2.21. The van der Waals surface area contributed by atoms with Crippen LogP contribution >= 0.6 is 0 Å². The average Bonchev–Trinajstić information content (AvgIpc) is 2.52. The molecule has 22 heavy (non-hydrogen) atoms. The number of aromatic nitrogens is 2. The highest BCUT2D eigenvalue weighted by molar-refractivity contribution is 5.67. The molecule has 1 heterocycles. The van der Waals surface area contributed by atoms with Crippen LogP contribution in [-0.2, 0) is 6.54 Å². The third kappa shape index (κ3) is 4.18. The Bertz CT molecular complexity index is 665. The lowest BCUT2D eigenvalue weighted by molar-refractivity contribution is 0.272. The van der Waals surface area contributed by atoms with Gasteiger partial charge in [-0.2, -0.15) is 5.10 Å². The summed E-state index contributed by atoms with van der Waals surface area (Å²) in [6, 6.07) is 9.57. The molecule has 0 fully saturated rings. The fourth-order valence-electron chi connectivity index (χ4n) is 2.04. The molecule has 118 valence electrons. The lowest BCUT2D eigenvalue weighted by Gasteiger charge is -2.13. The van der Waals surface area contributed by atoms with Crippen LogP contribution in [0.5, 0.6) is 5.75 Å². The van der Waals surface area contributed by atoms with Gasteiger partial charge in [-0.25, -0.2) is 5.10 Å². The second-order valence-corrected chi connectivity index (χ2v) is 5.59. The number of hydrogen-bond donors (Lipinski definition) is 2. The van der Waals surface area contributed by atoms with Gasteiger partial charge >= 0.3 is 0 Å². The molecule has 0 aliphatic carbocycles. The number of aromatic amines is 1. The molecular weight excluding hydrogens is 278 g/mol. The first-order valence-electron chi connectivity index (χ1n) is 7.63. The van der Waals surface area contributed by atoms with E-state index in [9.17, 15) is 4.79 Å². The van der Waals surface area contributed by atoms with Crippen LogP contribution in [0, 0.1) is 5.92 Å². The highest BCUT2D eigenvalue weighted by atomic mass is 16.5. The Morgan fingerprint density at radius 1 is 1.32 bits per heavy atom. The van der Waals surface area contributed by atoms with Gasteiger partial charge in [0.25, 0.3) is 5.56 Å². The molecule has 0 saturated carbocycles. The molecule has 0 bridgehead atoms. The number of benzene rings is 1. The van der Waals surface area contributed by atoms with Crippen LogP contribution in [-0.4, -0.2) is 23.3 Å². The second-order valence-electron chi connectivity index (χ2n) is 5.59. The van der Waals surface area contributed by atoms with Crippen LogP contribution in [0.25, 0.3) is 11.3 Å². The van der Waals surface area contributed by atoms with E-state index in [2.05, 4.69) is 29.4 Å². The van der Waals surface area contributed by atoms with Crippen molar-refractivity contribution in [3.8, 4) is 17.0 Å². The van der Waals surface area contributed by atoms with E-state index in [1.807, 2.05) is 37.3 Å². The summed E-state index contributed by atoms with van der Waals surface area (Å²) in [6.45, 7) is 8.20. The van der Waals surface area contributed by atoms with Crippen molar-refractivity contribution in [1.82, 2.24) is 15.5 Å². The molecule has 2 aromatic rings. The molecule has 0 aliphatic heterocycles. The summed E-state index contributed by atoms with van der Waals surface area (Å²) in [7, 11) is 0. The van der Waals surface area contributed by atoms with E-state index < -0.39 is 0 Å². The second kappa shape index (κ2) is 7.75. The summed E-state index contributed by atoms with van der Waals surface area (Å²) >= 11 is 0. The van der Waals surface area contributed by atoms with Gasteiger partial charge in [-0.3, -0.25) is 4.79 Å². The number of hydrogen-bond acceptors (Lipinski definition) is 4. The van der Waals surface area contributed by atoms with E-state index in [0.717, 1.165) is 17.9 Å². The Labute approximate surface area is 130 Å². The average molecular weight is 301 g/mol. The van der Waals surface area contributed by atoms with Crippen LogP contribution in [0.3, 0.4) is 0 Å². The Morgan fingerprint density at radius 3 is 2.82 bits per heavy atom. The monoisotopic (exact) mass is 301 g/mol. The third-order valence-electron chi connectivity index (χ3n) is 3.18. The van der Waals surface area contributed by atoms with Crippen molar-refractivity contribution in [3.63, 3.8) is 0 Å². The van der Waals surface area contributed by atoms with E-state index in [4.69, 9.17) is 4.74 Å². The molecule has 0 spiro atoms. The first-order valence-corrected chi connectivity index (χ1v) is 7.63. The summed E-state index contributed by atoms with van der Waals surface area (Å²) in [5.74, 6) is 1.23. The largest absolute Gasteiger partial charge is 0.493 e. The predicted molar refractivity (Wildman–Crippen MR) is 88.0 cm³/mol. The first kappa shape index (κ1) is 16.2. The molecule has 0 amide bonds. The molecule has 0 radical (unpaired) electrons. The summed E-state index contributed by atoms with van der Waals surface area (Å²) in [6.07, 6.45) is 0. The van der Waals surface area contributed by atoms with E-state index in [1.165, 1.54) is 0 Å². The predicted octanol–water partition coefficient (Wildman–Crippen LogP) is 2.58. The van der Waals surface area contributed by atoms with Crippen LogP contribution in [0.15, 0.2) is 35.1 Å². The van der Waals surface area contributed by atoms with E-state index in [1.54, 1.807) is 0 Å². The molecule has 2 rings (SSSR count). The minimum atomic E-state index is -0.162. The van der Waals surface area contributed by atoms with Gasteiger partial charge in [0, 0.05) is 17.7 Å². The third-order valence-corrected chi connectivity index (χ3v) is 3.18. The van der Waals surface area contributed by atoms with Crippen LogP contribution in [0.1, 0.15) is 26.3 Å². The molecule has 2 N–H and O–H groups in total. The van der Waals surface area contributed by atoms with Gasteiger partial charge in [0.15, 0.2) is 0 Å². The number of H-pyrrole nitrogens is 1. The maximum absolute atomic E-state index is 11.8. The van der Waals surface area contributed by atoms with Crippen LogP contribution in [0.4, 0.5) is 0 Å². The number of ether oxygens (including phenoxy) is 1. The van der Waals surface area contributed by atoms with Gasteiger partial charge in [0.1, 0.15) is 5.75 Å². The van der Waals surface area contributed by atoms with Crippen molar-refractivity contribution < 1.29 is 4.74 Å². The topological polar surface area (TPSA) is 67.0 Å². The summed E-state index contributed by atoms with van der Waals surface area (Å²) in [5.41, 5.74) is 2.11. The van der Waals surface area contributed by atoms with Crippen molar-refractivity contribution in [2.24, 2.45) is 5.92 Å². The fraction of sp³-hybridized carbons (Fsp3) is 0.412. The highest BCUT2D eigenvalue weighted by Gasteiger charge is 2.10. The normalized spacial score (nSPS) is 10.9. The van der Waals surface area contributed by atoms with Crippen molar-refractivity contribution in [1.29, 1.82) is 0 Å². The van der Waals surface area contributed by atoms with Gasteiger partial charge in [0.2, 0.25) is 0 Å². The molecular formula is C17H23N3O2. The Kier molecular flexibility index (Phi) is 5.72. The molecule has 5 nitrogen and oxygen atoms in total. The zero-order chi connectivity index (χ0) is 15.9. The lowest BCUT2D eigenvalue weighted by atomic mass is 10.1. The minimum Gasteiger partial charge on any atom is -0.493 e. The van der Waals surface area contributed by atoms with Gasteiger partial charge < -0.3 is 10.1 Å². The van der Waals surface area contributed by atoms with Crippen LogP contribution in [0.2, 0.25) is 0 Å². The summed E-state index contributed by atoms with van der Waals surface area (Å²) in [4.78, 5) is 11.8. The van der Waals surface area contributed by atoms with E-state index in [0.29, 0.717) is 30.3 Å². The number of rotatable bonds is 7. The first-order chi connectivity index (χ1) is 10.6. The van der Waals surface area contributed by atoms with Crippen molar-refractivity contribution >= 4 is 0 Å². The molecule has 5 heteroatoms. The standard InChI is InChI=1S/C17H23N3O2/c1-4-18-10-13-9-15(19-20-17(13)21)14-7-5-6-8-16(14)22-11-12(2)3/h5-9,12,18H,4,10-11H2,1-3H3,(H,20,21). The maximum Gasteiger partial charge on any atom is 0.268 e. The van der Waals surface area contributed by atoms with Crippen molar-refractivity contribution in [2.75, 3.05) is 13.2 Å². The van der Waals surface area contributed by atoms with Gasteiger partial charge in [0.05, 0.1) is 12.3 Å². The Morgan fingerprint density at radius 2 is 2.09 bits per heavy atom. The van der Waals surface area contributed by atoms with Crippen molar-refractivity contribution in [2.45, 2.75) is 27.3 Å². The number of nitrogens with one attached hydrogen (secondary N) is 2. The molecule has 0 atom stereocenters. The molecule has 0 unspecified atom stereocenters. The zero-order valence-electron chi connectivity index (χ0n) is 13.3. The molecule has 1 aromatic carbocycles. The van der Waals surface area contributed by atoms with Gasteiger partial charge in [-0.05, 0) is 30.7 Å². The minimum absolute atomic E-state index is 0.162. The molecule has 0 saturated heterocycles. The van der Waals surface area contributed by atoms with Gasteiger partial charge in [-0.1, -0.05) is 32.9 Å². The zero-order valence-corrected chi connectivity index (χ0v) is 13.3. The fourth-order valence-corrected chi connectivity index (χ4v) is 2.04. The smallest absolute Gasteiger partial charge is 0.268 e. The van der Waals surface area contributed by atoms with E-state index >= 15 is 0 Å². The molecule has 1 aromatic heterocycles. The van der Waals surface area contributed by atoms with Crippen molar-refractivity contribution in [3.05, 3.63) is 46.2 Å². The summed E-state index contributed by atoms with van der Waals surface area (Å²) in [5, 5.41) is 9.89. The molecule has 0 aliphatic rings. The van der Waals surface area contributed by atoms with E-state index in [-0.39, 0.29) is 5.56 Å².